The molecule has 0 N–H and O–H groups in total. The van der Waals surface area contributed by atoms with E-state index in [1.165, 1.54) is 11.3 Å². The van der Waals surface area contributed by atoms with Crippen LogP contribution in [0, 0.1) is 12.8 Å². The molecule has 1 aliphatic heterocycles. The van der Waals surface area contributed by atoms with Crippen molar-refractivity contribution < 1.29 is 4.79 Å². The van der Waals surface area contributed by atoms with Crippen LogP contribution in [0.15, 0.2) is 30.3 Å². The molecular formula is C26H41N7OS. The van der Waals surface area contributed by atoms with E-state index >= 15 is 0 Å². The van der Waals surface area contributed by atoms with Crippen LogP contribution in [0.25, 0.3) is 10.7 Å². The van der Waals surface area contributed by atoms with E-state index in [-0.39, 0.29) is 5.91 Å². The van der Waals surface area contributed by atoms with Gasteiger partial charge >= 0.3 is 0 Å². The Labute approximate surface area is 214 Å². The number of amides is 1. The number of carbonyl (C=O) groups excluding carboxylic acids is 1. The van der Waals surface area contributed by atoms with Gasteiger partial charge < -0.3 is 4.90 Å². The molecule has 0 bridgehead atoms. The number of nitrogens with zero attached hydrogens (tertiary/aromatic N) is 7. The highest BCUT2D eigenvalue weighted by atomic mass is 32.1. The highest BCUT2D eigenvalue weighted by molar-refractivity contribution is 7.12. The predicted octanol–water partition coefficient (Wildman–Crippen LogP) is 5.93. The number of aryl methyl sites for hydroxylation is 1. The van der Waals surface area contributed by atoms with Gasteiger partial charge in [0.25, 0.3) is 0 Å². The Hall–Kier alpha value is -2.81. The molecule has 2 atom stereocenters. The molecule has 3 aromatic heterocycles. The lowest BCUT2D eigenvalue weighted by Gasteiger charge is -2.36. The van der Waals surface area contributed by atoms with E-state index < -0.39 is 0 Å². The molecule has 9 heteroatoms. The summed E-state index contributed by atoms with van der Waals surface area (Å²) in [5, 5.41) is 8.55. The van der Waals surface area contributed by atoms with Crippen molar-refractivity contribution in [2.75, 3.05) is 13.1 Å². The first-order chi connectivity index (χ1) is 16.8. The van der Waals surface area contributed by atoms with Gasteiger partial charge in [-0.2, -0.15) is 0 Å². The van der Waals surface area contributed by atoms with Crippen LogP contribution >= 0.6 is 11.3 Å². The Balaban J connectivity index is 0.000000311. The monoisotopic (exact) mass is 499 g/mol. The Kier molecular flexibility index (Phi) is 13.8. The second-order valence-electron chi connectivity index (χ2n) is 8.15. The molecule has 2 unspecified atom stereocenters. The highest BCUT2D eigenvalue weighted by Crippen LogP contribution is 2.31. The van der Waals surface area contributed by atoms with E-state index in [4.69, 9.17) is 0 Å². The molecule has 0 radical (unpaired) electrons. The zero-order valence-electron chi connectivity index (χ0n) is 22.7. The van der Waals surface area contributed by atoms with E-state index in [1.807, 2.05) is 45.7 Å². The zero-order valence-corrected chi connectivity index (χ0v) is 23.5. The third-order valence-corrected chi connectivity index (χ3v) is 6.04. The van der Waals surface area contributed by atoms with Gasteiger partial charge in [0.15, 0.2) is 5.01 Å². The lowest BCUT2D eigenvalue weighted by molar-refractivity contribution is -0.130. The Morgan fingerprint density at radius 2 is 1.74 bits per heavy atom. The molecular weight excluding hydrogens is 458 g/mol. The summed E-state index contributed by atoms with van der Waals surface area (Å²) in [6, 6.07) is 0. The van der Waals surface area contributed by atoms with Crippen LogP contribution in [0.2, 0.25) is 0 Å². The normalized spacial score (nSPS) is 16.7. The van der Waals surface area contributed by atoms with Gasteiger partial charge in [-0.15, -0.1) is 10.2 Å². The van der Waals surface area contributed by atoms with Crippen molar-refractivity contribution in [2.24, 2.45) is 5.92 Å². The maximum absolute atomic E-state index is 11.3. The van der Waals surface area contributed by atoms with Crippen molar-refractivity contribution in [2.45, 2.75) is 80.6 Å². The minimum absolute atomic E-state index is 0.172. The number of piperidine rings is 1. The number of likely N-dealkylation sites (tertiary alicyclic amines) is 1. The average Bonchev–Trinajstić information content (AvgIpc) is 3.42. The highest BCUT2D eigenvalue weighted by Gasteiger charge is 2.29. The predicted molar refractivity (Wildman–Crippen MR) is 143 cm³/mol. The summed E-state index contributed by atoms with van der Waals surface area (Å²) in [5.41, 5.74) is 5.51. The van der Waals surface area contributed by atoms with E-state index in [2.05, 4.69) is 50.9 Å². The molecule has 1 aliphatic rings. The van der Waals surface area contributed by atoms with Gasteiger partial charge in [0, 0.05) is 44.5 Å². The summed E-state index contributed by atoms with van der Waals surface area (Å²) in [5.74, 6) is 1.43. The number of carbonyl (C=O) groups is 1. The topological polar surface area (TPSA) is 97.7 Å². The maximum Gasteiger partial charge on any atom is 0.219 e. The van der Waals surface area contributed by atoms with Gasteiger partial charge in [-0.1, -0.05) is 59.8 Å². The third kappa shape index (κ3) is 9.39. The minimum atomic E-state index is 0.172. The number of hydrogen-bond donors (Lipinski definition) is 0. The first-order valence-corrected chi connectivity index (χ1v) is 13.4. The fourth-order valence-corrected chi connectivity index (χ4v) is 4.09. The van der Waals surface area contributed by atoms with Gasteiger partial charge in [-0.05, 0) is 25.2 Å². The van der Waals surface area contributed by atoms with Crippen molar-refractivity contribution in [3.8, 4) is 10.7 Å². The SMILES string of the molecule is CC.CC.CC(=O)N1CCC(c2cncc(C)n2)C(C)C1.CC(C)c1cncc(-c2nncs2)n1. The van der Waals surface area contributed by atoms with Crippen molar-refractivity contribution in [1.29, 1.82) is 0 Å². The molecule has 1 saturated heterocycles. The summed E-state index contributed by atoms with van der Waals surface area (Å²) < 4.78 is 0. The molecule has 3 aromatic rings. The summed E-state index contributed by atoms with van der Waals surface area (Å²) in [6.07, 6.45) is 8.12. The number of aromatic nitrogens is 6. The third-order valence-electron chi connectivity index (χ3n) is 5.33. The van der Waals surface area contributed by atoms with E-state index in [0.717, 1.165) is 47.3 Å². The molecule has 4 rings (SSSR count). The first kappa shape index (κ1) is 30.2. The summed E-state index contributed by atoms with van der Waals surface area (Å²) in [4.78, 5) is 30.6. The smallest absolute Gasteiger partial charge is 0.219 e. The fourth-order valence-electron chi connectivity index (χ4n) is 3.58. The van der Waals surface area contributed by atoms with Crippen LogP contribution < -0.4 is 0 Å². The van der Waals surface area contributed by atoms with Crippen LogP contribution in [0.3, 0.4) is 0 Å². The van der Waals surface area contributed by atoms with Crippen molar-refractivity contribution >= 4 is 17.2 Å². The molecule has 0 aliphatic carbocycles. The number of rotatable bonds is 3. The van der Waals surface area contributed by atoms with E-state index in [1.54, 1.807) is 31.0 Å². The quantitative estimate of drug-likeness (QED) is 0.440. The molecule has 0 saturated carbocycles. The lowest BCUT2D eigenvalue weighted by Crippen LogP contribution is -2.41. The molecule has 35 heavy (non-hydrogen) atoms. The van der Waals surface area contributed by atoms with Crippen LogP contribution in [0.1, 0.15) is 90.7 Å². The maximum atomic E-state index is 11.3. The molecule has 0 spiro atoms. The molecule has 192 valence electrons. The standard InChI is InChI=1S/C13H19N3O.C9H10N4S.2C2H6/c1-9-8-16(11(3)17)5-4-12(9)13-7-14-6-10(2)15-13;1-6(2)7-3-10-4-8(12-7)9-13-11-5-14-9;2*1-2/h6-7,9,12H,4-5,8H2,1-3H3;3-6H,1-2H3;2*1-2H3. The number of hydrogen-bond acceptors (Lipinski definition) is 8. The van der Waals surface area contributed by atoms with Crippen molar-refractivity contribution in [3.05, 3.63) is 47.4 Å². The molecule has 1 amide bonds. The van der Waals surface area contributed by atoms with E-state index in [9.17, 15) is 4.79 Å². The van der Waals surface area contributed by atoms with Gasteiger partial charge in [0.05, 0.1) is 23.3 Å². The second-order valence-corrected chi connectivity index (χ2v) is 8.98. The minimum Gasteiger partial charge on any atom is -0.343 e. The van der Waals surface area contributed by atoms with Crippen LogP contribution in [0.5, 0.6) is 0 Å². The molecule has 0 aromatic carbocycles. The molecule has 1 fully saturated rings. The largest absolute Gasteiger partial charge is 0.343 e. The first-order valence-electron chi connectivity index (χ1n) is 12.5. The van der Waals surface area contributed by atoms with Crippen LogP contribution in [-0.2, 0) is 4.79 Å². The zero-order chi connectivity index (χ0) is 26.4. The molecule has 4 heterocycles. The fraction of sp³-hybridized carbons (Fsp3) is 0.577. The molecule has 8 nitrogen and oxygen atoms in total. The van der Waals surface area contributed by atoms with Crippen LogP contribution in [0.4, 0.5) is 0 Å². The average molecular weight is 500 g/mol. The van der Waals surface area contributed by atoms with E-state index in [0.29, 0.717) is 17.8 Å². The summed E-state index contributed by atoms with van der Waals surface area (Å²) >= 11 is 1.47. The summed E-state index contributed by atoms with van der Waals surface area (Å²) in [7, 11) is 0. The summed E-state index contributed by atoms with van der Waals surface area (Å²) in [6.45, 7) is 19.6. The van der Waals surface area contributed by atoms with Gasteiger partial charge in [-0.25, -0.2) is 4.98 Å². The van der Waals surface area contributed by atoms with Crippen LogP contribution in [-0.4, -0.2) is 54.0 Å². The Bertz CT molecular complexity index is 995. The van der Waals surface area contributed by atoms with Gasteiger partial charge in [-0.3, -0.25) is 19.7 Å². The Morgan fingerprint density at radius 3 is 2.29 bits per heavy atom. The van der Waals surface area contributed by atoms with Gasteiger partial charge in [0.2, 0.25) is 5.91 Å². The second kappa shape index (κ2) is 16.0. The Morgan fingerprint density at radius 1 is 1.06 bits per heavy atom. The lowest BCUT2D eigenvalue weighted by atomic mass is 9.84. The van der Waals surface area contributed by atoms with Crippen molar-refractivity contribution in [3.63, 3.8) is 0 Å². The van der Waals surface area contributed by atoms with Crippen molar-refractivity contribution in [1.82, 2.24) is 35.0 Å². The van der Waals surface area contributed by atoms with Gasteiger partial charge in [0.1, 0.15) is 11.2 Å².